The van der Waals surface area contributed by atoms with Crippen molar-refractivity contribution in [1.29, 1.82) is 0 Å². The van der Waals surface area contributed by atoms with E-state index in [1.165, 1.54) is 17.1 Å². The Kier molecular flexibility index (Phi) is 3.90. The number of hydrogen-bond donors (Lipinski definition) is 1. The Morgan fingerprint density at radius 3 is 2.81 bits per heavy atom. The Bertz CT molecular complexity index is 948. The van der Waals surface area contributed by atoms with E-state index in [9.17, 15) is 9.90 Å². The predicted octanol–water partition coefficient (Wildman–Crippen LogP) is 1.27. The smallest absolute Gasteiger partial charge is 0.257 e. The number of phenolic OH excluding ortho intramolecular Hbond substituents is 1. The molecule has 1 atom stereocenters. The third-order valence-corrected chi connectivity index (χ3v) is 4.67. The largest absolute Gasteiger partial charge is 0.507 e. The predicted molar refractivity (Wildman–Crippen MR) is 92.1 cm³/mol. The molecule has 0 aliphatic carbocycles. The van der Waals surface area contributed by atoms with Crippen LogP contribution in [0, 0.1) is 13.8 Å². The number of amides is 1. The molecule has 1 fully saturated rings. The molecule has 2 aromatic heterocycles. The number of nitrogens with zero attached hydrogens (tertiary/aromatic N) is 7. The van der Waals surface area contributed by atoms with Crippen molar-refractivity contribution in [3.8, 4) is 11.4 Å². The van der Waals surface area contributed by atoms with Crippen LogP contribution in [0.2, 0.25) is 0 Å². The molecule has 3 aromatic rings. The molecule has 1 amide bonds. The summed E-state index contributed by atoms with van der Waals surface area (Å²) in [5, 5.41) is 25.7. The lowest BCUT2D eigenvalue weighted by Crippen LogP contribution is -2.29. The van der Waals surface area contributed by atoms with E-state index in [0.717, 1.165) is 17.8 Å². The molecule has 9 nitrogen and oxygen atoms in total. The highest BCUT2D eigenvalue weighted by molar-refractivity contribution is 5.97. The topological polar surface area (TPSA) is 102 Å². The zero-order valence-corrected chi connectivity index (χ0v) is 14.6. The highest BCUT2D eigenvalue weighted by Crippen LogP contribution is 2.27. The van der Waals surface area contributed by atoms with Crippen LogP contribution < -0.4 is 0 Å². The molecule has 1 N–H and O–H groups in total. The van der Waals surface area contributed by atoms with Crippen molar-refractivity contribution >= 4 is 5.91 Å². The number of benzene rings is 1. The number of aryl methyl sites for hydroxylation is 2. The maximum atomic E-state index is 12.9. The molecule has 0 radical (unpaired) electrons. The lowest BCUT2D eigenvalue weighted by Gasteiger charge is -2.18. The third-order valence-electron chi connectivity index (χ3n) is 4.67. The van der Waals surface area contributed by atoms with Crippen LogP contribution in [0.25, 0.3) is 5.69 Å². The van der Waals surface area contributed by atoms with Crippen LogP contribution in [-0.2, 0) is 0 Å². The maximum absolute atomic E-state index is 12.9. The van der Waals surface area contributed by atoms with Crippen molar-refractivity contribution in [3.05, 3.63) is 47.5 Å². The van der Waals surface area contributed by atoms with Gasteiger partial charge in [-0.3, -0.25) is 9.48 Å². The van der Waals surface area contributed by atoms with Gasteiger partial charge in [-0.25, -0.2) is 4.68 Å². The molecule has 0 bridgehead atoms. The molecule has 0 saturated carbocycles. The first-order valence-corrected chi connectivity index (χ1v) is 8.41. The lowest BCUT2D eigenvalue weighted by atomic mass is 10.1. The zero-order chi connectivity index (χ0) is 18.3. The minimum absolute atomic E-state index is 0.0543. The van der Waals surface area contributed by atoms with Crippen molar-refractivity contribution in [1.82, 2.24) is 34.9 Å². The molecule has 9 heteroatoms. The fourth-order valence-electron chi connectivity index (χ4n) is 3.43. The van der Waals surface area contributed by atoms with Gasteiger partial charge < -0.3 is 10.0 Å². The normalized spacial score (nSPS) is 17.0. The van der Waals surface area contributed by atoms with Crippen molar-refractivity contribution in [2.75, 3.05) is 13.1 Å². The summed E-state index contributed by atoms with van der Waals surface area (Å²) in [6.45, 7) is 5.17. The van der Waals surface area contributed by atoms with Gasteiger partial charge in [0, 0.05) is 18.8 Å². The number of hydrogen-bond acceptors (Lipinski definition) is 6. The zero-order valence-electron chi connectivity index (χ0n) is 14.6. The highest BCUT2D eigenvalue weighted by atomic mass is 16.3. The maximum Gasteiger partial charge on any atom is 0.257 e. The lowest BCUT2D eigenvalue weighted by molar-refractivity contribution is 0.0784. The summed E-state index contributed by atoms with van der Waals surface area (Å²) >= 11 is 0. The fourth-order valence-corrected chi connectivity index (χ4v) is 3.43. The average Bonchev–Trinajstić information content (AvgIpc) is 3.35. The fraction of sp³-hybridized carbons (Fsp3) is 0.353. The van der Waals surface area contributed by atoms with Gasteiger partial charge in [0.1, 0.15) is 12.1 Å². The van der Waals surface area contributed by atoms with Gasteiger partial charge in [-0.05, 0) is 55.0 Å². The molecule has 1 aromatic carbocycles. The summed E-state index contributed by atoms with van der Waals surface area (Å²) in [6, 6.07) is 6.93. The molecule has 26 heavy (non-hydrogen) atoms. The Labute approximate surface area is 149 Å². The molecular formula is C17H19N7O2. The molecule has 3 heterocycles. The van der Waals surface area contributed by atoms with E-state index in [2.05, 4.69) is 20.6 Å². The number of aromatic nitrogens is 6. The summed E-state index contributed by atoms with van der Waals surface area (Å²) in [5.41, 5.74) is 2.92. The molecule has 1 aliphatic heterocycles. The number of carbonyl (C=O) groups excluding carboxylic acids is 1. The quantitative estimate of drug-likeness (QED) is 0.761. The van der Waals surface area contributed by atoms with Gasteiger partial charge in [0.15, 0.2) is 0 Å². The van der Waals surface area contributed by atoms with Crippen LogP contribution in [0.4, 0.5) is 0 Å². The first-order valence-electron chi connectivity index (χ1n) is 8.41. The average molecular weight is 353 g/mol. The minimum Gasteiger partial charge on any atom is -0.507 e. The molecule has 0 spiro atoms. The van der Waals surface area contributed by atoms with E-state index in [0.29, 0.717) is 18.8 Å². The van der Waals surface area contributed by atoms with Crippen LogP contribution in [0.5, 0.6) is 5.75 Å². The van der Waals surface area contributed by atoms with Gasteiger partial charge >= 0.3 is 0 Å². The van der Waals surface area contributed by atoms with E-state index in [4.69, 9.17) is 0 Å². The molecule has 1 unspecified atom stereocenters. The number of rotatable bonds is 3. The SMILES string of the molecule is Cc1cc(C)n(C2CCN(C(=O)c3cc(-n4cnnn4)ccc3O)C2)n1. The van der Waals surface area contributed by atoms with Gasteiger partial charge in [-0.2, -0.15) is 5.10 Å². The van der Waals surface area contributed by atoms with Crippen LogP contribution >= 0.6 is 0 Å². The summed E-state index contributed by atoms with van der Waals surface area (Å²) in [5.74, 6) is -0.261. The monoisotopic (exact) mass is 353 g/mol. The van der Waals surface area contributed by atoms with Crippen molar-refractivity contribution in [2.24, 2.45) is 0 Å². The number of tetrazole rings is 1. The van der Waals surface area contributed by atoms with Crippen LogP contribution in [0.1, 0.15) is 34.2 Å². The Hall–Kier alpha value is -3.23. The first kappa shape index (κ1) is 16.2. The van der Waals surface area contributed by atoms with Gasteiger partial charge in [0.2, 0.25) is 0 Å². The first-order chi connectivity index (χ1) is 12.5. The van der Waals surface area contributed by atoms with Gasteiger partial charge in [0.25, 0.3) is 5.91 Å². The van der Waals surface area contributed by atoms with E-state index >= 15 is 0 Å². The van der Waals surface area contributed by atoms with Crippen molar-refractivity contribution < 1.29 is 9.90 Å². The molecular weight excluding hydrogens is 334 g/mol. The van der Waals surface area contributed by atoms with Crippen molar-refractivity contribution in [2.45, 2.75) is 26.3 Å². The summed E-state index contributed by atoms with van der Waals surface area (Å²) in [6.07, 6.45) is 2.27. The van der Waals surface area contributed by atoms with Gasteiger partial charge in [0.05, 0.1) is 23.0 Å². The van der Waals surface area contributed by atoms with E-state index < -0.39 is 0 Å². The molecule has 4 rings (SSSR count). The summed E-state index contributed by atoms with van der Waals surface area (Å²) in [7, 11) is 0. The molecule has 1 saturated heterocycles. The molecule has 1 aliphatic rings. The minimum atomic E-state index is -0.207. The summed E-state index contributed by atoms with van der Waals surface area (Å²) < 4.78 is 3.43. The summed E-state index contributed by atoms with van der Waals surface area (Å²) in [4.78, 5) is 14.7. The Morgan fingerprint density at radius 1 is 1.27 bits per heavy atom. The van der Waals surface area contributed by atoms with Crippen LogP contribution in [0.3, 0.4) is 0 Å². The Morgan fingerprint density at radius 2 is 2.12 bits per heavy atom. The second kappa shape index (κ2) is 6.25. The standard InChI is InChI=1S/C17H19N7O2/c1-11-7-12(2)24(19-11)14-5-6-22(9-14)17(26)15-8-13(3-4-16(15)25)23-10-18-20-21-23/h3-4,7-8,10,14,25H,5-6,9H2,1-2H3. The number of aromatic hydroxyl groups is 1. The number of carbonyl (C=O) groups is 1. The van der Waals surface area contributed by atoms with E-state index in [1.54, 1.807) is 17.0 Å². The van der Waals surface area contributed by atoms with Crippen LogP contribution in [-0.4, -0.2) is 59.0 Å². The van der Waals surface area contributed by atoms with Crippen LogP contribution in [0.15, 0.2) is 30.6 Å². The number of phenols is 1. The van der Waals surface area contributed by atoms with E-state index in [-0.39, 0.29) is 23.3 Å². The third kappa shape index (κ3) is 2.81. The Balaban J connectivity index is 1.57. The molecule has 134 valence electrons. The second-order valence-electron chi connectivity index (χ2n) is 6.52. The van der Waals surface area contributed by atoms with Gasteiger partial charge in [-0.1, -0.05) is 0 Å². The second-order valence-corrected chi connectivity index (χ2v) is 6.52. The van der Waals surface area contributed by atoms with Gasteiger partial charge in [-0.15, -0.1) is 5.10 Å². The highest BCUT2D eigenvalue weighted by Gasteiger charge is 2.30. The van der Waals surface area contributed by atoms with Crippen molar-refractivity contribution in [3.63, 3.8) is 0 Å². The number of likely N-dealkylation sites (tertiary alicyclic amines) is 1. The van der Waals surface area contributed by atoms with E-state index in [1.807, 2.05) is 24.6 Å².